The van der Waals surface area contributed by atoms with E-state index in [9.17, 15) is 9.59 Å². The Morgan fingerprint density at radius 3 is 2.72 bits per heavy atom. The Labute approximate surface area is 147 Å². The highest BCUT2D eigenvalue weighted by Crippen LogP contribution is 2.24. The van der Waals surface area contributed by atoms with Crippen molar-refractivity contribution in [1.29, 1.82) is 0 Å². The summed E-state index contributed by atoms with van der Waals surface area (Å²) < 4.78 is 7.20. The Bertz CT molecular complexity index is 742. The number of nitrogens with zero attached hydrogens (tertiary/aromatic N) is 3. The number of carbonyl (C=O) groups is 2. The van der Waals surface area contributed by atoms with E-state index in [1.807, 2.05) is 60.3 Å². The van der Waals surface area contributed by atoms with Gasteiger partial charge in [-0.25, -0.2) is 0 Å². The van der Waals surface area contributed by atoms with Crippen LogP contribution in [0, 0.1) is 0 Å². The van der Waals surface area contributed by atoms with E-state index in [4.69, 9.17) is 4.74 Å². The summed E-state index contributed by atoms with van der Waals surface area (Å²) in [6.45, 7) is 3.21. The Morgan fingerprint density at radius 2 is 2.00 bits per heavy atom. The van der Waals surface area contributed by atoms with E-state index in [2.05, 4.69) is 0 Å². The topological polar surface area (TPSA) is 54.8 Å². The Balaban J connectivity index is 1.65. The van der Waals surface area contributed by atoms with Crippen LogP contribution in [0.15, 0.2) is 48.8 Å². The Hall–Kier alpha value is -2.76. The minimum Gasteiger partial charge on any atom is -0.497 e. The molecule has 1 aliphatic rings. The number of hydrogen-bond donors (Lipinski definition) is 0. The molecule has 0 saturated carbocycles. The molecule has 1 saturated heterocycles. The van der Waals surface area contributed by atoms with Crippen molar-refractivity contribution >= 4 is 17.5 Å². The number of anilines is 1. The third-order valence-corrected chi connectivity index (χ3v) is 4.52. The van der Waals surface area contributed by atoms with Gasteiger partial charge in [-0.05, 0) is 31.2 Å². The van der Waals surface area contributed by atoms with Gasteiger partial charge in [0.15, 0.2) is 0 Å². The summed E-state index contributed by atoms with van der Waals surface area (Å²) in [6, 6.07) is 11.3. The van der Waals surface area contributed by atoms with Crippen LogP contribution in [0.2, 0.25) is 0 Å². The molecule has 6 nitrogen and oxygen atoms in total. The fourth-order valence-corrected chi connectivity index (χ4v) is 3.10. The highest BCUT2D eigenvalue weighted by Gasteiger charge is 2.33. The summed E-state index contributed by atoms with van der Waals surface area (Å²) in [7, 11) is 1.60. The van der Waals surface area contributed by atoms with Crippen molar-refractivity contribution in [3.63, 3.8) is 0 Å². The van der Waals surface area contributed by atoms with Crippen molar-refractivity contribution in [2.24, 2.45) is 0 Å². The van der Waals surface area contributed by atoms with E-state index in [0.717, 1.165) is 5.69 Å². The van der Waals surface area contributed by atoms with Gasteiger partial charge in [0.2, 0.25) is 11.8 Å². The van der Waals surface area contributed by atoms with Gasteiger partial charge in [0.05, 0.1) is 7.11 Å². The third-order valence-electron chi connectivity index (χ3n) is 4.52. The van der Waals surface area contributed by atoms with Gasteiger partial charge in [-0.3, -0.25) is 9.59 Å². The van der Waals surface area contributed by atoms with Crippen molar-refractivity contribution in [3.8, 4) is 5.75 Å². The Kier molecular flexibility index (Phi) is 5.07. The summed E-state index contributed by atoms with van der Waals surface area (Å²) in [5, 5.41) is 0. The van der Waals surface area contributed by atoms with Crippen molar-refractivity contribution in [3.05, 3.63) is 48.8 Å². The molecular formula is C19H23N3O3. The van der Waals surface area contributed by atoms with Crippen LogP contribution in [0.3, 0.4) is 0 Å². The van der Waals surface area contributed by atoms with E-state index in [0.29, 0.717) is 25.3 Å². The van der Waals surface area contributed by atoms with Crippen LogP contribution in [-0.2, 0) is 16.1 Å². The SMILES string of the molecule is COc1cccc(N2C[C@H](C)N(C(=O)CCn3cccc3)CC2=O)c1. The first-order chi connectivity index (χ1) is 12.1. The molecule has 1 aliphatic heterocycles. The third kappa shape index (κ3) is 3.84. The van der Waals surface area contributed by atoms with Gasteiger partial charge in [-0.1, -0.05) is 6.07 Å². The summed E-state index contributed by atoms with van der Waals surface area (Å²) in [6.07, 6.45) is 4.26. The molecule has 0 unspecified atom stereocenters. The summed E-state index contributed by atoms with van der Waals surface area (Å²) in [4.78, 5) is 28.5. The number of aromatic nitrogens is 1. The molecule has 0 N–H and O–H groups in total. The molecular weight excluding hydrogens is 318 g/mol. The number of rotatable bonds is 5. The molecule has 2 aromatic rings. The lowest BCUT2D eigenvalue weighted by Gasteiger charge is -2.39. The minimum atomic E-state index is -0.0688. The van der Waals surface area contributed by atoms with Crippen LogP contribution < -0.4 is 9.64 Å². The van der Waals surface area contributed by atoms with Gasteiger partial charge in [0, 0.05) is 49.7 Å². The molecule has 1 aromatic heterocycles. The van der Waals surface area contributed by atoms with Crippen LogP contribution in [0.1, 0.15) is 13.3 Å². The zero-order chi connectivity index (χ0) is 17.8. The van der Waals surface area contributed by atoms with Gasteiger partial charge in [0.25, 0.3) is 0 Å². The highest BCUT2D eigenvalue weighted by atomic mass is 16.5. The maximum absolute atomic E-state index is 12.6. The van der Waals surface area contributed by atoms with Crippen LogP contribution in [-0.4, -0.2) is 47.5 Å². The lowest BCUT2D eigenvalue weighted by Crippen LogP contribution is -2.57. The number of aryl methyl sites for hydroxylation is 1. The average Bonchev–Trinajstić information content (AvgIpc) is 3.15. The summed E-state index contributed by atoms with van der Waals surface area (Å²) in [5.74, 6) is 0.656. The molecule has 0 radical (unpaired) electrons. The fourth-order valence-electron chi connectivity index (χ4n) is 3.10. The first-order valence-electron chi connectivity index (χ1n) is 8.43. The number of methoxy groups -OCH3 is 1. The normalized spacial score (nSPS) is 17.7. The number of benzene rings is 1. The van der Waals surface area contributed by atoms with Gasteiger partial charge in [-0.2, -0.15) is 0 Å². The number of carbonyl (C=O) groups excluding carboxylic acids is 2. The quantitative estimate of drug-likeness (QED) is 0.837. The first kappa shape index (κ1) is 17.1. The summed E-state index contributed by atoms with van der Waals surface area (Å²) in [5.41, 5.74) is 0.802. The molecule has 6 heteroatoms. The van der Waals surface area contributed by atoms with Crippen LogP contribution in [0.5, 0.6) is 5.75 Å². The largest absolute Gasteiger partial charge is 0.497 e. The highest BCUT2D eigenvalue weighted by molar-refractivity contribution is 5.98. The maximum Gasteiger partial charge on any atom is 0.246 e. The fraction of sp³-hybridized carbons (Fsp3) is 0.368. The molecule has 0 spiro atoms. The molecule has 2 heterocycles. The van der Waals surface area contributed by atoms with E-state index in [1.54, 1.807) is 16.9 Å². The van der Waals surface area contributed by atoms with Crippen molar-refractivity contribution < 1.29 is 14.3 Å². The van der Waals surface area contributed by atoms with Crippen LogP contribution in [0.4, 0.5) is 5.69 Å². The molecule has 0 aliphatic carbocycles. The standard InChI is InChI=1S/C19H23N3O3/c1-15-13-22(16-6-5-7-17(12-16)25-2)19(24)14-21(15)18(23)8-11-20-9-3-4-10-20/h3-7,9-10,12,15H,8,11,13-14H2,1-2H3/t15-/m0/s1. The minimum absolute atomic E-state index is 0.0137. The molecule has 132 valence electrons. The Morgan fingerprint density at radius 1 is 1.24 bits per heavy atom. The number of amides is 2. The van der Waals surface area contributed by atoms with Gasteiger partial charge in [-0.15, -0.1) is 0 Å². The number of ether oxygens (including phenoxy) is 1. The average molecular weight is 341 g/mol. The van der Waals surface area contributed by atoms with Gasteiger partial charge >= 0.3 is 0 Å². The van der Waals surface area contributed by atoms with Gasteiger partial charge < -0.3 is 19.1 Å². The zero-order valence-corrected chi connectivity index (χ0v) is 14.6. The summed E-state index contributed by atoms with van der Waals surface area (Å²) >= 11 is 0. The second kappa shape index (κ2) is 7.42. The molecule has 25 heavy (non-hydrogen) atoms. The van der Waals surface area contributed by atoms with Crippen molar-refractivity contribution in [1.82, 2.24) is 9.47 Å². The van der Waals surface area contributed by atoms with Gasteiger partial charge in [0.1, 0.15) is 12.3 Å². The molecule has 2 amide bonds. The maximum atomic E-state index is 12.6. The van der Waals surface area contributed by atoms with E-state index in [-0.39, 0.29) is 24.4 Å². The lowest BCUT2D eigenvalue weighted by molar-refractivity contribution is -0.139. The monoisotopic (exact) mass is 341 g/mol. The smallest absolute Gasteiger partial charge is 0.246 e. The molecule has 1 fully saturated rings. The first-order valence-corrected chi connectivity index (χ1v) is 8.43. The lowest BCUT2D eigenvalue weighted by atomic mass is 10.1. The van der Waals surface area contributed by atoms with Crippen molar-refractivity contribution in [2.45, 2.75) is 25.9 Å². The number of hydrogen-bond acceptors (Lipinski definition) is 3. The van der Waals surface area contributed by atoms with Crippen molar-refractivity contribution in [2.75, 3.05) is 25.1 Å². The van der Waals surface area contributed by atoms with E-state index >= 15 is 0 Å². The predicted molar refractivity (Wildman–Crippen MR) is 95.6 cm³/mol. The second-order valence-corrected chi connectivity index (χ2v) is 6.25. The molecule has 3 rings (SSSR count). The molecule has 1 atom stereocenters. The van der Waals surface area contributed by atoms with E-state index < -0.39 is 0 Å². The molecule has 1 aromatic carbocycles. The number of piperazine rings is 1. The van der Waals surface area contributed by atoms with E-state index in [1.165, 1.54) is 0 Å². The molecule has 0 bridgehead atoms. The van der Waals surface area contributed by atoms with Crippen LogP contribution in [0.25, 0.3) is 0 Å². The second-order valence-electron chi connectivity index (χ2n) is 6.25. The predicted octanol–water partition coefficient (Wildman–Crippen LogP) is 2.15. The zero-order valence-electron chi connectivity index (χ0n) is 14.6. The van der Waals surface area contributed by atoms with Crippen LogP contribution >= 0.6 is 0 Å².